The Labute approximate surface area is 103 Å². The lowest BCUT2D eigenvalue weighted by atomic mass is 10.2. The van der Waals surface area contributed by atoms with E-state index in [1.165, 1.54) is 0 Å². The SMILES string of the molecule is O=S(Cc1ccc(CO)cc1)c1ccccc1. The summed E-state index contributed by atoms with van der Waals surface area (Å²) >= 11 is 0. The molecular weight excluding hydrogens is 232 g/mol. The third kappa shape index (κ3) is 3.25. The molecule has 1 unspecified atom stereocenters. The lowest BCUT2D eigenvalue weighted by Gasteiger charge is -2.03. The van der Waals surface area contributed by atoms with Crippen LogP contribution in [0.4, 0.5) is 0 Å². The van der Waals surface area contributed by atoms with E-state index in [0.29, 0.717) is 5.75 Å². The van der Waals surface area contributed by atoms with E-state index >= 15 is 0 Å². The van der Waals surface area contributed by atoms with Crippen molar-refractivity contribution in [3.63, 3.8) is 0 Å². The standard InChI is InChI=1S/C14H14O2S/c15-10-12-6-8-13(9-7-12)11-17(16)14-4-2-1-3-5-14/h1-9,15H,10-11H2. The monoisotopic (exact) mass is 246 g/mol. The highest BCUT2D eigenvalue weighted by molar-refractivity contribution is 7.84. The van der Waals surface area contributed by atoms with Gasteiger partial charge in [-0.3, -0.25) is 4.21 Å². The van der Waals surface area contributed by atoms with Gasteiger partial charge in [0, 0.05) is 4.90 Å². The molecule has 2 rings (SSSR count). The number of aliphatic hydroxyl groups excluding tert-OH is 1. The van der Waals surface area contributed by atoms with Gasteiger partial charge in [0.25, 0.3) is 0 Å². The number of benzene rings is 2. The Kier molecular flexibility index (Phi) is 4.07. The van der Waals surface area contributed by atoms with Crippen LogP contribution in [0, 0.1) is 0 Å². The molecule has 0 aliphatic carbocycles. The number of rotatable bonds is 4. The van der Waals surface area contributed by atoms with Crippen molar-refractivity contribution in [2.75, 3.05) is 0 Å². The summed E-state index contributed by atoms with van der Waals surface area (Å²) in [6.07, 6.45) is 0. The minimum absolute atomic E-state index is 0.0437. The van der Waals surface area contributed by atoms with Crippen molar-refractivity contribution in [1.82, 2.24) is 0 Å². The fourth-order valence-corrected chi connectivity index (χ4v) is 2.67. The van der Waals surface area contributed by atoms with Crippen LogP contribution in [0.1, 0.15) is 11.1 Å². The van der Waals surface area contributed by atoms with Crippen LogP contribution in [0.25, 0.3) is 0 Å². The van der Waals surface area contributed by atoms with Gasteiger partial charge < -0.3 is 5.11 Å². The highest BCUT2D eigenvalue weighted by Gasteiger charge is 2.04. The lowest BCUT2D eigenvalue weighted by molar-refractivity contribution is 0.282. The van der Waals surface area contributed by atoms with Gasteiger partial charge in [-0.25, -0.2) is 0 Å². The zero-order valence-corrected chi connectivity index (χ0v) is 10.2. The molecule has 3 heteroatoms. The van der Waals surface area contributed by atoms with Crippen molar-refractivity contribution < 1.29 is 9.32 Å². The highest BCUT2D eigenvalue weighted by atomic mass is 32.2. The maximum absolute atomic E-state index is 12.0. The normalized spacial score (nSPS) is 12.3. The van der Waals surface area contributed by atoms with Crippen molar-refractivity contribution >= 4 is 10.8 Å². The molecule has 17 heavy (non-hydrogen) atoms. The van der Waals surface area contributed by atoms with Crippen LogP contribution in [0.5, 0.6) is 0 Å². The van der Waals surface area contributed by atoms with Gasteiger partial charge in [0.2, 0.25) is 0 Å². The maximum Gasteiger partial charge on any atom is 0.0681 e. The van der Waals surface area contributed by atoms with Crippen molar-refractivity contribution in [2.24, 2.45) is 0 Å². The van der Waals surface area contributed by atoms with E-state index in [4.69, 9.17) is 5.11 Å². The molecule has 0 heterocycles. The fraction of sp³-hybridized carbons (Fsp3) is 0.143. The zero-order chi connectivity index (χ0) is 12.1. The van der Waals surface area contributed by atoms with Gasteiger partial charge in [0.1, 0.15) is 0 Å². The van der Waals surface area contributed by atoms with Crippen LogP contribution in [-0.2, 0) is 23.2 Å². The average molecular weight is 246 g/mol. The van der Waals surface area contributed by atoms with Gasteiger partial charge in [-0.15, -0.1) is 0 Å². The molecule has 0 bridgehead atoms. The van der Waals surface area contributed by atoms with Crippen LogP contribution >= 0.6 is 0 Å². The Morgan fingerprint density at radius 1 is 0.882 bits per heavy atom. The Hall–Kier alpha value is -1.45. The van der Waals surface area contributed by atoms with Gasteiger partial charge in [-0.2, -0.15) is 0 Å². The first kappa shape index (κ1) is 12.0. The molecule has 0 fully saturated rings. The second-order valence-electron chi connectivity index (χ2n) is 3.78. The molecule has 2 aromatic carbocycles. The largest absolute Gasteiger partial charge is 0.392 e. The molecule has 1 atom stereocenters. The van der Waals surface area contributed by atoms with Gasteiger partial charge >= 0.3 is 0 Å². The smallest absolute Gasteiger partial charge is 0.0681 e. The third-order valence-electron chi connectivity index (χ3n) is 2.51. The first-order valence-electron chi connectivity index (χ1n) is 5.41. The lowest BCUT2D eigenvalue weighted by Crippen LogP contribution is -1.96. The molecule has 1 N–H and O–H groups in total. The quantitative estimate of drug-likeness (QED) is 0.900. The molecule has 2 aromatic rings. The summed E-state index contributed by atoms with van der Waals surface area (Å²) in [5, 5.41) is 8.93. The van der Waals surface area contributed by atoms with Crippen LogP contribution in [0.3, 0.4) is 0 Å². The van der Waals surface area contributed by atoms with Crippen LogP contribution < -0.4 is 0 Å². The molecule has 0 radical (unpaired) electrons. The summed E-state index contributed by atoms with van der Waals surface area (Å²) < 4.78 is 12.0. The van der Waals surface area contributed by atoms with E-state index in [0.717, 1.165) is 16.0 Å². The van der Waals surface area contributed by atoms with Gasteiger partial charge in [0.15, 0.2) is 0 Å². The Morgan fingerprint density at radius 2 is 1.47 bits per heavy atom. The van der Waals surface area contributed by atoms with Gasteiger partial charge in [-0.05, 0) is 23.3 Å². The first-order valence-corrected chi connectivity index (χ1v) is 6.73. The highest BCUT2D eigenvalue weighted by Crippen LogP contribution is 2.12. The Bertz CT molecular complexity index is 491. The Balaban J connectivity index is 2.08. The molecule has 88 valence electrons. The number of aliphatic hydroxyl groups is 1. The maximum atomic E-state index is 12.0. The van der Waals surface area contributed by atoms with E-state index in [2.05, 4.69) is 0 Å². The molecule has 2 nitrogen and oxygen atoms in total. The second-order valence-corrected chi connectivity index (χ2v) is 5.23. The molecule has 0 saturated heterocycles. The molecule has 0 spiro atoms. The van der Waals surface area contributed by atoms with E-state index in [9.17, 15) is 4.21 Å². The van der Waals surface area contributed by atoms with Crippen LogP contribution in [0.2, 0.25) is 0 Å². The fourth-order valence-electron chi connectivity index (χ4n) is 1.55. The molecule has 0 amide bonds. The predicted octanol–water partition coefficient (Wildman–Crippen LogP) is 2.49. The van der Waals surface area contributed by atoms with Gasteiger partial charge in [-0.1, -0.05) is 42.5 Å². The van der Waals surface area contributed by atoms with Crippen LogP contribution in [0.15, 0.2) is 59.5 Å². The second kappa shape index (κ2) is 5.75. The van der Waals surface area contributed by atoms with E-state index < -0.39 is 10.8 Å². The summed E-state index contributed by atoms with van der Waals surface area (Å²) in [5.41, 5.74) is 1.89. The number of hydrogen-bond acceptors (Lipinski definition) is 2. The molecular formula is C14H14O2S. The molecule has 0 aliphatic rings. The summed E-state index contributed by atoms with van der Waals surface area (Å²) in [4.78, 5) is 0.846. The summed E-state index contributed by atoms with van der Waals surface area (Å²) in [6.45, 7) is 0.0437. The van der Waals surface area contributed by atoms with Crippen molar-refractivity contribution in [2.45, 2.75) is 17.3 Å². The third-order valence-corrected chi connectivity index (χ3v) is 3.90. The first-order chi connectivity index (χ1) is 8.29. The minimum Gasteiger partial charge on any atom is -0.392 e. The molecule has 0 aliphatic heterocycles. The van der Waals surface area contributed by atoms with Crippen LogP contribution in [-0.4, -0.2) is 9.32 Å². The van der Waals surface area contributed by atoms with Crippen molar-refractivity contribution in [3.8, 4) is 0 Å². The summed E-state index contributed by atoms with van der Waals surface area (Å²) in [5.74, 6) is 0.510. The van der Waals surface area contributed by atoms with E-state index in [-0.39, 0.29) is 6.61 Å². The van der Waals surface area contributed by atoms with Gasteiger partial charge in [0.05, 0.1) is 23.2 Å². The average Bonchev–Trinajstić information content (AvgIpc) is 2.40. The summed E-state index contributed by atoms with van der Waals surface area (Å²) in [7, 11) is -1.01. The number of hydrogen-bond donors (Lipinski definition) is 1. The molecule has 0 saturated carbocycles. The van der Waals surface area contributed by atoms with E-state index in [1.807, 2.05) is 54.6 Å². The van der Waals surface area contributed by atoms with Crippen molar-refractivity contribution in [1.29, 1.82) is 0 Å². The predicted molar refractivity (Wildman–Crippen MR) is 68.9 cm³/mol. The molecule has 0 aromatic heterocycles. The summed E-state index contributed by atoms with van der Waals surface area (Å²) in [6, 6.07) is 17.0. The zero-order valence-electron chi connectivity index (χ0n) is 9.37. The topological polar surface area (TPSA) is 37.3 Å². The van der Waals surface area contributed by atoms with Crippen molar-refractivity contribution in [3.05, 3.63) is 65.7 Å². The van der Waals surface area contributed by atoms with E-state index in [1.54, 1.807) is 0 Å². The Morgan fingerprint density at radius 3 is 2.06 bits per heavy atom. The minimum atomic E-state index is -1.01.